The molecule has 1 amide bonds. The van der Waals surface area contributed by atoms with Crippen LogP contribution in [-0.2, 0) is 0 Å². The second-order valence-electron chi connectivity index (χ2n) is 5.61. The highest BCUT2D eigenvalue weighted by atomic mass is 35.5. The molecule has 0 aliphatic carbocycles. The van der Waals surface area contributed by atoms with Gasteiger partial charge in [0.1, 0.15) is 5.75 Å². The van der Waals surface area contributed by atoms with E-state index in [0.717, 1.165) is 5.56 Å². The quantitative estimate of drug-likeness (QED) is 0.730. The molecule has 1 heterocycles. The first-order valence-corrected chi connectivity index (χ1v) is 8.07. The zero-order valence-electron chi connectivity index (χ0n) is 13.7. The highest BCUT2D eigenvalue weighted by molar-refractivity contribution is 6.30. The fourth-order valence-corrected chi connectivity index (χ4v) is 2.33. The van der Waals surface area contributed by atoms with Crippen molar-refractivity contribution in [2.24, 2.45) is 0 Å². The number of nitrogens with one attached hydrogen (secondary N) is 1. The van der Waals surface area contributed by atoms with Crippen LogP contribution in [0.15, 0.2) is 53.2 Å². The third kappa shape index (κ3) is 4.16. The van der Waals surface area contributed by atoms with Crippen LogP contribution < -0.4 is 10.1 Å². The predicted octanol–water partition coefficient (Wildman–Crippen LogP) is 4.43. The Morgan fingerprint density at radius 1 is 1.08 bits per heavy atom. The summed E-state index contributed by atoms with van der Waals surface area (Å²) in [6.45, 7) is 3.88. The van der Waals surface area contributed by atoms with Gasteiger partial charge in [0.05, 0.1) is 6.10 Å². The molecule has 3 aromatic rings. The summed E-state index contributed by atoms with van der Waals surface area (Å²) in [6.07, 6.45) is 0.0721. The van der Waals surface area contributed by atoms with E-state index in [1.807, 2.05) is 13.8 Å². The molecule has 0 atom stereocenters. The molecule has 0 fully saturated rings. The van der Waals surface area contributed by atoms with E-state index in [9.17, 15) is 4.79 Å². The molecule has 1 N–H and O–H groups in total. The number of amides is 1. The summed E-state index contributed by atoms with van der Waals surface area (Å²) in [7, 11) is 0. The van der Waals surface area contributed by atoms with E-state index in [0.29, 0.717) is 22.0 Å². The summed E-state index contributed by atoms with van der Waals surface area (Å²) in [5.74, 6) is 0.633. The lowest BCUT2D eigenvalue weighted by atomic mass is 10.1. The maximum absolute atomic E-state index is 12.4. The number of carbonyl (C=O) groups is 1. The van der Waals surface area contributed by atoms with E-state index in [2.05, 4.69) is 15.6 Å². The minimum Gasteiger partial charge on any atom is -0.491 e. The smallest absolute Gasteiger partial charge is 0.256 e. The number of hydrogen-bond donors (Lipinski definition) is 1. The lowest BCUT2D eigenvalue weighted by Crippen LogP contribution is -2.13. The number of ether oxygens (including phenoxy) is 1. The van der Waals surface area contributed by atoms with Crippen molar-refractivity contribution in [2.45, 2.75) is 20.0 Å². The molecule has 2 aromatic carbocycles. The second kappa shape index (κ2) is 7.36. The van der Waals surface area contributed by atoms with Crippen molar-refractivity contribution >= 4 is 23.3 Å². The maximum Gasteiger partial charge on any atom is 0.256 e. The van der Waals surface area contributed by atoms with E-state index in [1.165, 1.54) is 0 Å². The van der Waals surface area contributed by atoms with Gasteiger partial charge in [0.15, 0.2) is 5.69 Å². The molecule has 1 aromatic heterocycles. The molecule has 0 saturated heterocycles. The molecule has 0 bridgehead atoms. The minimum absolute atomic E-state index is 0.0721. The van der Waals surface area contributed by atoms with Crippen molar-refractivity contribution in [3.05, 3.63) is 59.1 Å². The largest absolute Gasteiger partial charge is 0.491 e. The molecule has 0 aliphatic heterocycles. The van der Waals surface area contributed by atoms with Gasteiger partial charge in [0.25, 0.3) is 5.91 Å². The van der Waals surface area contributed by atoms with Gasteiger partial charge in [-0.15, -0.1) is 0 Å². The molecular weight excluding hydrogens is 342 g/mol. The van der Waals surface area contributed by atoms with Gasteiger partial charge in [0.2, 0.25) is 5.82 Å². The van der Waals surface area contributed by atoms with Crippen LogP contribution in [0.25, 0.3) is 11.3 Å². The Labute approximate surface area is 149 Å². The van der Waals surface area contributed by atoms with Gasteiger partial charge in [-0.2, -0.15) is 0 Å². The first-order valence-electron chi connectivity index (χ1n) is 7.69. The first-order chi connectivity index (χ1) is 12.0. The van der Waals surface area contributed by atoms with Crippen LogP contribution in [-0.4, -0.2) is 22.3 Å². The van der Waals surface area contributed by atoms with Crippen LogP contribution in [0.4, 0.5) is 5.82 Å². The zero-order valence-corrected chi connectivity index (χ0v) is 14.4. The third-order valence-electron chi connectivity index (χ3n) is 3.33. The highest BCUT2D eigenvalue weighted by Crippen LogP contribution is 2.26. The van der Waals surface area contributed by atoms with Crippen LogP contribution >= 0.6 is 11.6 Å². The highest BCUT2D eigenvalue weighted by Gasteiger charge is 2.16. The molecule has 3 rings (SSSR count). The summed E-state index contributed by atoms with van der Waals surface area (Å²) in [4.78, 5) is 12.4. The van der Waals surface area contributed by atoms with Gasteiger partial charge in [-0.3, -0.25) is 4.79 Å². The average molecular weight is 358 g/mol. The second-order valence-corrected chi connectivity index (χ2v) is 6.05. The normalized spacial score (nSPS) is 10.7. The molecule has 25 heavy (non-hydrogen) atoms. The van der Waals surface area contributed by atoms with Gasteiger partial charge in [-0.1, -0.05) is 23.7 Å². The van der Waals surface area contributed by atoms with Gasteiger partial charge in [0, 0.05) is 16.1 Å². The van der Waals surface area contributed by atoms with Gasteiger partial charge < -0.3 is 10.1 Å². The molecule has 7 heteroatoms. The minimum atomic E-state index is -0.318. The monoisotopic (exact) mass is 357 g/mol. The number of anilines is 1. The fourth-order valence-electron chi connectivity index (χ4n) is 2.20. The molecule has 6 nitrogen and oxygen atoms in total. The SMILES string of the molecule is CC(C)Oc1ccc(C(=O)Nc2nonc2-c2ccc(Cl)cc2)cc1. The van der Waals surface area contributed by atoms with Crippen molar-refractivity contribution in [1.29, 1.82) is 0 Å². The molecule has 0 saturated carbocycles. The summed E-state index contributed by atoms with van der Waals surface area (Å²) < 4.78 is 10.3. The molecular formula is C18H16ClN3O3. The van der Waals surface area contributed by atoms with Crippen molar-refractivity contribution in [3.8, 4) is 17.0 Å². The fraction of sp³-hybridized carbons (Fsp3) is 0.167. The Bertz CT molecular complexity index is 858. The van der Waals surface area contributed by atoms with E-state index in [1.54, 1.807) is 48.5 Å². The number of hydrogen-bond acceptors (Lipinski definition) is 5. The van der Waals surface area contributed by atoms with Crippen molar-refractivity contribution in [1.82, 2.24) is 10.3 Å². The zero-order chi connectivity index (χ0) is 17.8. The van der Waals surface area contributed by atoms with Gasteiger partial charge in [-0.25, -0.2) is 4.63 Å². The molecule has 0 spiro atoms. The number of carbonyl (C=O) groups excluding carboxylic acids is 1. The molecule has 0 radical (unpaired) electrons. The summed E-state index contributed by atoms with van der Waals surface area (Å²) in [5, 5.41) is 10.9. The van der Waals surface area contributed by atoms with E-state index >= 15 is 0 Å². The van der Waals surface area contributed by atoms with Crippen LogP contribution in [0.1, 0.15) is 24.2 Å². The van der Waals surface area contributed by atoms with E-state index < -0.39 is 0 Å². The summed E-state index contributed by atoms with van der Waals surface area (Å²) in [6, 6.07) is 13.9. The van der Waals surface area contributed by atoms with Crippen LogP contribution in [0.5, 0.6) is 5.75 Å². The number of rotatable bonds is 5. The van der Waals surface area contributed by atoms with E-state index in [4.69, 9.17) is 21.0 Å². The third-order valence-corrected chi connectivity index (χ3v) is 3.58. The molecule has 0 aliphatic rings. The number of nitrogens with zero attached hydrogens (tertiary/aromatic N) is 2. The predicted molar refractivity (Wildman–Crippen MR) is 94.9 cm³/mol. The van der Waals surface area contributed by atoms with Crippen LogP contribution in [0, 0.1) is 0 Å². The van der Waals surface area contributed by atoms with Crippen LogP contribution in [0.2, 0.25) is 5.02 Å². The number of halogens is 1. The van der Waals surface area contributed by atoms with Crippen molar-refractivity contribution in [3.63, 3.8) is 0 Å². The summed E-state index contributed by atoms with van der Waals surface area (Å²) in [5.41, 5.74) is 1.65. The Hall–Kier alpha value is -2.86. The standard InChI is InChI=1S/C18H16ClN3O3/c1-11(2)24-15-9-5-13(6-10-15)18(23)20-17-16(21-25-22-17)12-3-7-14(19)8-4-12/h3-11H,1-2H3,(H,20,22,23). The molecule has 128 valence electrons. The van der Waals surface area contributed by atoms with Gasteiger partial charge >= 0.3 is 0 Å². The lowest BCUT2D eigenvalue weighted by Gasteiger charge is -2.10. The van der Waals surface area contributed by atoms with E-state index in [-0.39, 0.29) is 17.8 Å². The van der Waals surface area contributed by atoms with Crippen molar-refractivity contribution in [2.75, 3.05) is 5.32 Å². The maximum atomic E-state index is 12.4. The Morgan fingerprint density at radius 2 is 1.76 bits per heavy atom. The summed E-state index contributed by atoms with van der Waals surface area (Å²) >= 11 is 5.88. The number of benzene rings is 2. The first kappa shape index (κ1) is 17.0. The topological polar surface area (TPSA) is 77.2 Å². The number of aromatic nitrogens is 2. The van der Waals surface area contributed by atoms with Crippen LogP contribution in [0.3, 0.4) is 0 Å². The lowest BCUT2D eigenvalue weighted by molar-refractivity contribution is 0.102. The Balaban J connectivity index is 1.75. The average Bonchev–Trinajstić information content (AvgIpc) is 3.03. The van der Waals surface area contributed by atoms with Gasteiger partial charge in [-0.05, 0) is 60.6 Å². The molecule has 0 unspecified atom stereocenters. The Morgan fingerprint density at radius 3 is 2.40 bits per heavy atom. The van der Waals surface area contributed by atoms with Crippen molar-refractivity contribution < 1.29 is 14.2 Å². The Kier molecular flexibility index (Phi) is 5.00.